The number of aryl methyl sites for hydroxylation is 1. The molecule has 0 saturated carbocycles. The van der Waals surface area contributed by atoms with E-state index in [-0.39, 0.29) is 0 Å². The van der Waals surface area contributed by atoms with Crippen LogP contribution in [-0.2, 0) is 13.0 Å². The molecule has 3 heterocycles. The van der Waals surface area contributed by atoms with E-state index in [1.54, 1.807) is 6.20 Å². The fourth-order valence-electron chi connectivity index (χ4n) is 4.21. The number of hydrogen-bond donors (Lipinski definition) is 1. The zero-order valence-electron chi connectivity index (χ0n) is 16.1. The number of halogens is 1. The minimum atomic E-state index is 0.455. The molecule has 4 aromatic rings. The summed E-state index contributed by atoms with van der Waals surface area (Å²) >= 11 is 6.42. The topological polar surface area (TPSA) is 72.3 Å². The Labute approximate surface area is 174 Å². The lowest BCUT2D eigenvalue weighted by Gasteiger charge is -2.26. The quantitative estimate of drug-likeness (QED) is 0.529. The van der Waals surface area contributed by atoms with E-state index in [0.717, 1.165) is 46.3 Å². The summed E-state index contributed by atoms with van der Waals surface area (Å²) in [5, 5.41) is 11.9. The van der Waals surface area contributed by atoms with E-state index < -0.39 is 0 Å². The van der Waals surface area contributed by atoms with E-state index in [4.69, 9.17) is 11.6 Å². The number of hydrogen-bond acceptors (Lipinski definition) is 4. The van der Waals surface area contributed by atoms with Crippen molar-refractivity contribution in [2.45, 2.75) is 38.6 Å². The first-order valence-electron chi connectivity index (χ1n) is 9.82. The average Bonchev–Trinajstić information content (AvgIpc) is 3.38. The molecule has 0 saturated heterocycles. The highest BCUT2D eigenvalue weighted by molar-refractivity contribution is 6.31. The van der Waals surface area contributed by atoms with Gasteiger partial charge in [0, 0.05) is 35.4 Å². The van der Waals surface area contributed by atoms with Crippen LogP contribution in [0.25, 0.3) is 22.6 Å². The van der Waals surface area contributed by atoms with Gasteiger partial charge in [-0.25, -0.2) is 4.98 Å². The molecule has 1 aliphatic rings. The summed E-state index contributed by atoms with van der Waals surface area (Å²) in [7, 11) is 0. The smallest absolute Gasteiger partial charge is 0.115 e. The molecule has 1 N–H and O–H groups in total. The molecule has 6 nitrogen and oxygen atoms in total. The largest absolute Gasteiger partial charge is 0.336 e. The van der Waals surface area contributed by atoms with Gasteiger partial charge in [0.25, 0.3) is 0 Å². The Balaban J connectivity index is 1.40. The summed E-state index contributed by atoms with van der Waals surface area (Å²) in [5.41, 5.74) is 7.05. The second kappa shape index (κ2) is 7.44. The van der Waals surface area contributed by atoms with E-state index >= 15 is 0 Å². The molecular weight excluding hydrogens is 384 g/mol. The third kappa shape index (κ3) is 3.44. The van der Waals surface area contributed by atoms with E-state index in [2.05, 4.69) is 48.3 Å². The van der Waals surface area contributed by atoms with Gasteiger partial charge in [-0.3, -0.25) is 4.98 Å². The Morgan fingerprint density at radius 3 is 2.97 bits per heavy atom. The summed E-state index contributed by atoms with van der Waals surface area (Å²) in [6, 6.07) is 10.2. The van der Waals surface area contributed by atoms with E-state index in [0.29, 0.717) is 5.92 Å². The van der Waals surface area contributed by atoms with Crippen molar-refractivity contribution in [1.29, 1.82) is 0 Å². The van der Waals surface area contributed by atoms with Crippen LogP contribution < -0.4 is 0 Å². The number of nitrogens with zero attached hydrogens (tertiary/aromatic N) is 5. The Kier molecular flexibility index (Phi) is 4.64. The number of pyridine rings is 1. The molecule has 1 aliphatic carbocycles. The molecule has 0 amide bonds. The summed E-state index contributed by atoms with van der Waals surface area (Å²) < 4.78 is 2.16. The molecule has 0 fully saturated rings. The standard InChI is InChI=1S/C22H21ClN6/c1-14-22(27-28-26-14)15-8-9-24-20(10-15)21-12-29(13-25-21)11-16-4-2-6-18-17(16)5-3-7-19(18)23/h3,5,7-10,12-13,16H,2,4,6,11H2,1H3,(H,26,27,28)/t16-/m0/s1. The van der Waals surface area contributed by atoms with E-state index in [1.165, 1.54) is 24.0 Å². The Bertz CT molecular complexity index is 1160. The number of aromatic amines is 1. The number of fused-ring (bicyclic) bond motifs is 1. The Morgan fingerprint density at radius 1 is 1.17 bits per heavy atom. The molecule has 0 bridgehead atoms. The third-order valence-electron chi connectivity index (χ3n) is 5.66. The van der Waals surface area contributed by atoms with Crippen molar-refractivity contribution < 1.29 is 0 Å². The molecule has 7 heteroatoms. The van der Waals surface area contributed by atoms with Gasteiger partial charge in [-0.15, -0.1) is 0 Å². The zero-order valence-corrected chi connectivity index (χ0v) is 16.9. The maximum Gasteiger partial charge on any atom is 0.115 e. The predicted molar refractivity (Wildman–Crippen MR) is 113 cm³/mol. The fraction of sp³-hybridized carbons (Fsp3) is 0.273. The maximum absolute atomic E-state index is 6.42. The molecule has 1 aromatic carbocycles. The molecular formula is C22H21ClN6. The number of rotatable bonds is 4. The van der Waals surface area contributed by atoms with Crippen LogP contribution >= 0.6 is 11.6 Å². The molecule has 0 unspecified atom stereocenters. The van der Waals surface area contributed by atoms with Gasteiger partial charge >= 0.3 is 0 Å². The third-order valence-corrected chi connectivity index (χ3v) is 6.01. The van der Waals surface area contributed by atoms with Crippen molar-refractivity contribution in [3.05, 3.63) is 70.9 Å². The predicted octanol–water partition coefficient (Wildman–Crippen LogP) is 4.81. The van der Waals surface area contributed by atoms with Crippen LogP contribution in [0.5, 0.6) is 0 Å². The lowest BCUT2D eigenvalue weighted by Crippen LogP contribution is -2.15. The fourth-order valence-corrected chi connectivity index (χ4v) is 4.49. The van der Waals surface area contributed by atoms with Gasteiger partial charge in [0.2, 0.25) is 0 Å². The highest BCUT2D eigenvalue weighted by atomic mass is 35.5. The first-order valence-corrected chi connectivity index (χ1v) is 10.2. The van der Waals surface area contributed by atoms with Crippen LogP contribution in [0.2, 0.25) is 5.02 Å². The first-order chi connectivity index (χ1) is 14.2. The van der Waals surface area contributed by atoms with Crippen molar-refractivity contribution >= 4 is 11.6 Å². The molecule has 3 aromatic heterocycles. The summed E-state index contributed by atoms with van der Waals surface area (Å²) in [5.74, 6) is 0.455. The molecule has 0 spiro atoms. The second-order valence-electron chi connectivity index (χ2n) is 7.54. The summed E-state index contributed by atoms with van der Waals surface area (Å²) in [6.45, 7) is 2.82. The van der Waals surface area contributed by atoms with Crippen molar-refractivity contribution in [2.75, 3.05) is 0 Å². The highest BCUT2D eigenvalue weighted by Crippen LogP contribution is 2.36. The maximum atomic E-state index is 6.42. The molecule has 29 heavy (non-hydrogen) atoms. The minimum absolute atomic E-state index is 0.455. The van der Waals surface area contributed by atoms with Crippen LogP contribution in [0.3, 0.4) is 0 Å². The SMILES string of the molecule is Cc1n[nH]nc1-c1ccnc(-c2cn(C[C@@H]3CCCc4c(Cl)cccc43)cn2)c1. The summed E-state index contributed by atoms with van der Waals surface area (Å²) in [4.78, 5) is 9.11. The van der Waals surface area contributed by atoms with Crippen molar-refractivity contribution in [1.82, 2.24) is 29.9 Å². The molecule has 0 radical (unpaired) electrons. The average molecular weight is 405 g/mol. The number of nitrogens with one attached hydrogen (secondary N) is 1. The number of imidazole rings is 1. The summed E-state index contributed by atoms with van der Waals surface area (Å²) in [6.07, 6.45) is 9.16. The Hall–Kier alpha value is -2.99. The van der Waals surface area contributed by atoms with Crippen LogP contribution in [-0.4, -0.2) is 29.9 Å². The van der Waals surface area contributed by atoms with Gasteiger partial charge in [0.05, 0.1) is 17.7 Å². The molecule has 1 atom stereocenters. The second-order valence-corrected chi connectivity index (χ2v) is 7.95. The number of benzene rings is 1. The normalized spacial score (nSPS) is 16.0. The highest BCUT2D eigenvalue weighted by Gasteiger charge is 2.22. The Morgan fingerprint density at radius 2 is 2.10 bits per heavy atom. The van der Waals surface area contributed by atoms with Gasteiger partial charge in [0.15, 0.2) is 0 Å². The number of H-pyrrole nitrogens is 1. The monoisotopic (exact) mass is 404 g/mol. The van der Waals surface area contributed by atoms with Crippen LogP contribution in [0, 0.1) is 6.92 Å². The van der Waals surface area contributed by atoms with E-state index in [1.807, 2.05) is 31.5 Å². The molecule has 146 valence electrons. The van der Waals surface area contributed by atoms with Crippen LogP contribution in [0.4, 0.5) is 0 Å². The van der Waals surface area contributed by atoms with Gasteiger partial charge in [-0.2, -0.15) is 15.4 Å². The minimum Gasteiger partial charge on any atom is -0.336 e. The molecule has 5 rings (SSSR count). The number of aromatic nitrogens is 6. The van der Waals surface area contributed by atoms with Crippen molar-refractivity contribution in [2.24, 2.45) is 0 Å². The van der Waals surface area contributed by atoms with Crippen LogP contribution in [0.1, 0.15) is 35.6 Å². The lowest BCUT2D eigenvalue weighted by atomic mass is 9.83. The van der Waals surface area contributed by atoms with Gasteiger partial charge < -0.3 is 4.57 Å². The van der Waals surface area contributed by atoms with Crippen LogP contribution in [0.15, 0.2) is 49.1 Å². The molecule has 0 aliphatic heterocycles. The van der Waals surface area contributed by atoms with Gasteiger partial charge in [0.1, 0.15) is 11.4 Å². The van der Waals surface area contributed by atoms with Gasteiger partial charge in [-0.05, 0) is 55.5 Å². The van der Waals surface area contributed by atoms with E-state index in [9.17, 15) is 0 Å². The zero-order chi connectivity index (χ0) is 19.8. The van der Waals surface area contributed by atoms with Crippen molar-refractivity contribution in [3.8, 4) is 22.6 Å². The van der Waals surface area contributed by atoms with Gasteiger partial charge in [-0.1, -0.05) is 23.7 Å². The van der Waals surface area contributed by atoms with Crippen molar-refractivity contribution in [3.63, 3.8) is 0 Å². The lowest BCUT2D eigenvalue weighted by molar-refractivity contribution is 0.483. The first kappa shape index (κ1) is 18.1.